The van der Waals surface area contributed by atoms with Crippen LogP contribution in [0.5, 0.6) is 17.2 Å². The van der Waals surface area contributed by atoms with E-state index in [1.54, 1.807) is 38.7 Å². The zero-order valence-corrected chi connectivity index (χ0v) is 83.6. The summed E-state index contributed by atoms with van der Waals surface area (Å²) in [7, 11) is 9.41. The fourth-order valence-corrected chi connectivity index (χ4v) is 19.4. The number of methoxy groups -OCH3 is 5. The quantitative estimate of drug-likeness (QED) is 0.0111. The smallest absolute Gasteiger partial charge is 0.411 e. The fraction of sp³-hybridized carbons (Fsp3) is 0.700. The number of ether oxygens (including phenoxy) is 20. The van der Waals surface area contributed by atoms with E-state index in [9.17, 15) is 68.7 Å². The number of alkyl carbamates (subject to hydrolysis) is 1. The molecule has 5 heterocycles. The van der Waals surface area contributed by atoms with Crippen molar-refractivity contribution in [1.82, 2.24) is 36.5 Å². The van der Waals surface area contributed by atoms with Gasteiger partial charge in [-0.2, -0.15) is 5.48 Å². The van der Waals surface area contributed by atoms with Gasteiger partial charge < -0.3 is 141 Å². The first-order chi connectivity index (χ1) is 65.2. The van der Waals surface area contributed by atoms with E-state index in [0.29, 0.717) is 115 Å². The minimum Gasteiger partial charge on any atom is -0.492 e. The predicted molar refractivity (Wildman–Crippen MR) is 499 cm³/mol. The highest BCUT2D eigenvalue weighted by molar-refractivity contribution is 14.1. The number of hydrogen-bond acceptors (Lipinski definition) is 39. The second-order valence-electron chi connectivity index (χ2n) is 32.5. The van der Waals surface area contributed by atoms with Crippen LogP contribution < -0.4 is 41.0 Å². The molecule has 19 atom stereocenters. The monoisotopic (exact) mass is 2090 g/mol. The number of hydroxylamine groups is 1. The summed E-state index contributed by atoms with van der Waals surface area (Å²) in [5, 5.41) is 68.7. The summed E-state index contributed by atoms with van der Waals surface area (Å²) in [5.74, 6) is 9.11. The number of aliphatic hydroxyl groups is 5. The number of nitrogens with zero attached hydrogens (tertiary/aromatic N) is 2. The zero-order chi connectivity index (χ0) is 99.0. The van der Waals surface area contributed by atoms with Crippen molar-refractivity contribution in [2.75, 3.05) is 186 Å². The number of allylic oxidation sites excluding steroid dienone is 3. The third kappa shape index (κ3) is 34.8. The highest BCUT2D eigenvalue weighted by Crippen LogP contribution is 2.50. The van der Waals surface area contributed by atoms with Crippen LogP contribution in [-0.4, -0.2) is 394 Å². The van der Waals surface area contributed by atoms with Gasteiger partial charge in [-0.25, -0.2) is 4.79 Å². The Labute approximate surface area is 817 Å². The Kier molecular flexibility index (Phi) is 49.8. The molecule has 0 aromatic heterocycles. The van der Waals surface area contributed by atoms with Crippen LogP contribution >= 0.6 is 55.9 Å². The average Bonchev–Trinajstić information content (AvgIpc) is 0.971. The Balaban J connectivity index is 0.773. The van der Waals surface area contributed by atoms with Crippen LogP contribution in [0.1, 0.15) is 109 Å². The SMILES string of the molecule is CCN(C(C)=O)[C@H]1CO[C@@H](O[C@H]2[C@H](O[C@H]3C#CC=CC#C[C@]4(O)CC(=O)C(NC(=O)OC)=C3/C4=C\CSSC(C)(C)CCC(=O)NCCNC(=O)CCOCCOCCOCCOCCOCCOCCOCCOCCNC(=O)CCN3C(=O)C=CC3=O)O[C@H](C)[C@@H](NO[C@H]3C[C@H](O)[C@H](SC(=O)c4c(C)c(I)c(O[C@@H]5O[C@@H](C)[C@H](O)[C@@H](OC)[C@H]5O)c(OC)c4OC)[C@@H](C)O3)[C@@H]2O)C[C@@H]1OC. The lowest BCUT2D eigenvalue weighted by Gasteiger charge is -2.47. The summed E-state index contributed by atoms with van der Waals surface area (Å²) in [6.45, 7) is 20.1. The molecule has 8 rings (SSSR count). The molecule has 0 spiro atoms. The maximum atomic E-state index is 14.6. The Morgan fingerprint density at radius 2 is 1.24 bits per heavy atom. The third-order valence-corrected chi connectivity index (χ3v) is 28.3. The molecule has 42 nitrogen and oxygen atoms in total. The molecule has 2 bridgehead atoms. The van der Waals surface area contributed by atoms with Crippen molar-refractivity contribution < 1.29 is 168 Å². The number of thioether (sulfide) groups is 1. The standard InChI is InChI=1S/C90H132IN7O35S3/c1-14-97(57(6)99)59-52-126-69(50-63(59)113-9)131-82-77(108)74(96-133-70-49-60(100)84(56(5)127-70)135-85(110)71-53(2)73(91)80(83(116-12)79(71)114-10)132-86-78(109)81(115-11)76(107)55(4)129-86)54(3)128-87(82)130-62-19-17-15-16-18-26-90(112)51-61(101)75(95-88(111)117-13)72(62)58(90)25-48-134-136-89(7,8)27-22-64(102)92-28-29-93-66(104)24-32-118-34-36-120-38-40-122-42-44-124-46-47-125-45-43-123-41-39-121-37-35-119-33-30-94-65(103)23-31-98-67(105)20-21-68(98)106/h15-16,20-21,25,54-56,59-60,62-63,69-70,74,76-78,81-82,84,86-87,96,100,107-109,112H,14,22-24,27-52H2,1-13H3,(H,92,102)(H,93,104)(H,94,103)(H,95,111)/b16-15?,58-25+/t54-,55+,56-,59+,60+,62+,63+,69+,70+,74-,76+,77+,78-,81-,82-,84-,86+,87+,90+/m1/s1. The number of rotatable bonds is 58. The second-order valence-corrected chi connectivity index (χ2v) is 37.8. The van der Waals surface area contributed by atoms with Gasteiger partial charge >= 0.3 is 6.09 Å². The number of ketones is 1. The topological polar surface area (TPSA) is 515 Å². The van der Waals surface area contributed by atoms with Crippen molar-refractivity contribution in [2.24, 2.45) is 0 Å². The van der Waals surface area contributed by atoms with Crippen molar-refractivity contribution in [2.45, 2.75) is 220 Å². The number of likely N-dealkylation sites (N-methyl/N-ethyl adjacent to an activating group) is 1. The molecule has 10 N–H and O–H groups in total. The molecular formula is C90H132IN7O35S3. The van der Waals surface area contributed by atoms with E-state index in [-0.39, 0.29) is 147 Å². The van der Waals surface area contributed by atoms with E-state index in [1.165, 1.54) is 81.3 Å². The molecule has 7 amide bonds. The number of hydrogen-bond donors (Lipinski definition) is 10. The molecule has 0 unspecified atom stereocenters. The Morgan fingerprint density at radius 3 is 1.81 bits per heavy atom. The lowest BCUT2D eigenvalue weighted by molar-refractivity contribution is -0.337. The van der Waals surface area contributed by atoms with Crippen molar-refractivity contribution >= 4 is 108 Å². The van der Waals surface area contributed by atoms with E-state index in [2.05, 4.69) is 50.4 Å². The summed E-state index contributed by atoms with van der Waals surface area (Å²) < 4.78 is 117. The predicted octanol–water partition coefficient (Wildman–Crippen LogP) is 1.92. The van der Waals surface area contributed by atoms with Crippen LogP contribution in [0.3, 0.4) is 0 Å². The number of aliphatic hydroxyl groups excluding tert-OH is 4. The van der Waals surface area contributed by atoms with Gasteiger partial charge in [0.1, 0.15) is 36.6 Å². The van der Waals surface area contributed by atoms with E-state index in [4.69, 9.17) is 99.6 Å². The maximum Gasteiger partial charge on any atom is 0.411 e. The van der Waals surface area contributed by atoms with E-state index in [1.807, 2.05) is 43.4 Å². The molecule has 1 aromatic rings. The lowest BCUT2D eigenvalue weighted by Crippen LogP contribution is -2.65. The first-order valence-electron chi connectivity index (χ1n) is 44.9. The van der Waals surface area contributed by atoms with Crippen LogP contribution in [0, 0.1) is 34.2 Å². The molecule has 1 aromatic carbocycles. The summed E-state index contributed by atoms with van der Waals surface area (Å²) in [5.41, 5.74) is 0.695. The number of Topliss-reactive ketones (excluding diaryl/α,β-unsaturated/α-hetero) is 1. The van der Waals surface area contributed by atoms with Gasteiger partial charge in [0, 0.05) is 120 Å². The molecule has 46 heteroatoms. The summed E-state index contributed by atoms with van der Waals surface area (Å²) in [4.78, 5) is 125. The molecule has 4 fully saturated rings. The molecule has 136 heavy (non-hydrogen) atoms. The zero-order valence-electron chi connectivity index (χ0n) is 79.0. The van der Waals surface area contributed by atoms with Crippen LogP contribution in [-0.2, 0) is 119 Å². The Morgan fingerprint density at radius 1 is 0.662 bits per heavy atom. The van der Waals surface area contributed by atoms with Crippen molar-refractivity contribution in [1.29, 1.82) is 0 Å². The lowest BCUT2D eigenvalue weighted by atomic mass is 9.75. The van der Waals surface area contributed by atoms with Gasteiger partial charge in [-0.1, -0.05) is 63.1 Å². The molecule has 5 aliphatic heterocycles. The molecular weight excluding hydrogens is 1960 g/mol. The van der Waals surface area contributed by atoms with Crippen LogP contribution in [0.25, 0.3) is 0 Å². The average molecular weight is 2100 g/mol. The number of fused-ring (bicyclic) bond motifs is 2. The molecule has 4 saturated heterocycles. The summed E-state index contributed by atoms with van der Waals surface area (Å²) >= 11 is 2.77. The van der Waals surface area contributed by atoms with Gasteiger partial charge in [0.2, 0.25) is 40.8 Å². The highest BCUT2D eigenvalue weighted by Gasteiger charge is 2.53. The van der Waals surface area contributed by atoms with E-state index in [0.717, 1.165) is 23.8 Å². The number of nitrogens with one attached hydrogen (secondary N) is 5. The van der Waals surface area contributed by atoms with Gasteiger partial charge in [-0.3, -0.25) is 53.4 Å². The van der Waals surface area contributed by atoms with E-state index < -0.39 is 155 Å². The highest BCUT2D eigenvalue weighted by atomic mass is 127. The van der Waals surface area contributed by atoms with Gasteiger partial charge in [0.05, 0.1) is 203 Å². The maximum absolute atomic E-state index is 14.6. The minimum absolute atomic E-state index is 0.00154. The van der Waals surface area contributed by atoms with Crippen LogP contribution in [0.4, 0.5) is 4.79 Å². The summed E-state index contributed by atoms with van der Waals surface area (Å²) in [6, 6.07) is -1.75. The summed E-state index contributed by atoms with van der Waals surface area (Å²) in [6.07, 6.45) is -13.0. The number of halogens is 1. The van der Waals surface area contributed by atoms with Gasteiger partial charge in [0.15, 0.2) is 41.8 Å². The van der Waals surface area contributed by atoms with Crippen molar-refractivity contribution in [3.63, 3.8) is 0 Å². The van der Waals surface area contributed by atoms with Gasteiger partial charge in [0.25, 0.3) is 11.8 Å². The largest absolute Gasteiger partial charge is 0.492 e. The van der Waals surface area contributed by atoms with Gasteiger partial charge in [-0.15, -0.1) is 0 Å². The molecule has 0 radical (unpaired) electrons. The van der Waals surface area contributed by atoms with Crippen molar-refractivity contribution in [3.05, 3.63) is 61.9 Å². The van der Waals surface area contributed by atoms with Gasteiger partial charge in [-0.05, 0) is 95.2 Å². The fourth-order valence-electron chi connectivity index (χ4n) is 15.2. The van der Waals surface area contributed by atoms with E-state index >= 15 is 0 Å². The number of benzene rings is 1. The van der Waals surface area contributed by atoms with Crippen LogP contribution in [0.2, 0.25) is 0 Å². The number of carbonyl (C=O) groups excluding carboxylic acids is 9. The Hall–Kier alpha value is -6.81. The molecule has 7 aliphatic rings. The number of imide groups is 1. The number of carbonyl (C=O) groups is 9. The normalized spacial score (nSPS) is 26.9. The molecule has 2 aliphatic carbocycles. The Bertz CT molecular complexity index is 4310. The minimum atomic E-state index is -2.23. The first-order valence-corrected chi connectivity index (χ1v) is 49.2. The third-order valence-electron chi connectivity index (χ3n) is 22.4. The molecule has 0 saturated carbocycles. The van der Waals surface area contributed by atoms with Crippen LogP contribution in [0.15, 0.2) is 47.2 Å². The second kappa shape index (κ2) is 59.2. The molecule has 762 valence electrons. The number of amides is 7. The first kappa shape index (κ1) is 114. The van der Waals surface area contributed by atoms with Crippen molar-refractivity contribution in [3.8, 4) is 40.9 Å².